The average Bonchev–Trinajstić information content (AvgIpc) is 2.53. The fourth-order valence-corrected chi connectivity index (χ4v) is 3.28. The van der Waals surface area contributed by atoms with Crippen LogP contribution in [0.2, 0.25) is 0 Å². The molecule has 5 heteroatoms. The Bertz CT molecular complexity index is 519. The molecule has 2 rings (SSSR count). The lowest BCUT2D eigenvalue weighted by Gasteiger charge is -2.14. The third-order valence-corrected chi connectivity index (χ3v) is 4.69. The Kier molecular flexibility index (Phi) is 3.19. The van der Waals surface area contributed by atoms with Crippen molar-refractivity contribution in [1.82, 2.24) is 4.31 Å². The molecule has 1 amide bonds. The molecule has 0 spiro atoms. The molecule has 0 aliphatic carbocycles. The van der Waals surface area contributed by atoms with Crippen molar-refractivity contribution in [1.29, 1.82) is 0 Å². The highest BCUT2D eigenvalue weighted by molar-refractivity contribution is 7.90. The van der Waals surface area contributed by atoms with Crippen LogP contribution in [0.1, 0.15) is 17.5 Å². The highest BCUT2D eigenvalue weighted by Gasteiger charge is 2.34. The molecule has 1 aliphatic rings. The minimum Gasteiger partial charge on any atom is -0.274 e. The Morgan fingerprint density at radius 1 is 1.24 bits per heavy atom. The van der Waals surface area contributed by atoms with E-state index < -0.39 is 10.0 Å². The largest absolute Gasteiger partial charge is 0.274 e. The predicted octanol–water partition coefficient (Wildman–Crippen LogP) is 1.10. The second-order valence-corrected chi connectivity index (χ2v) is 6.28. The van der Waals surface area contributed by atoms with Crippen LogP contribution in [0.25, 0.3) is 0 Å². The summed E-state index contributed by atoms with van der Waals surface area (Å²) in [5.41, 5.74) is 2.21. The molecule has 0 atom stereocenters. The van der Waals surface area contributed by atoms with Crippen molar-refractivity contribution in [2.75, 3.05) is 12.3 Å². The number of nitrogens with zero attached hydrogens (tertiary/aromatic N) is 1. The van der Waals surface area contributed by atoms with Crippen molar-refractivity contribution in [2.45, 2.75) is 19.8 Å². The maximum Gasteiger partial charge on any atom is 0.237 e. The second kappa shape index (κ2) is 4.49. The van der Waals surface area contributed by atoms with Gasteiger partial charge in [-0.3, -0.25) is 4.79 Å². The smallest absolute Gasteiger partial charge is 0.237 e. The first-order valence-corrected chi connectivity index (χ1v) is 7.19. The van der Waals surface area contributed by atoms with E-state index in [1.165, 1.54) is 5.56 Å². The van der Waals surface area contributed by atoms with Crippen LogP contribution in [0.3, 0.4) is 0 Å². The van der Waals surface area contributed by atoms with Gasteiger partial charge < -0.3 is 0 Å². The van der Waals surface area contributed by atoms with E-state index in [9.17, 15) is 13.2 Å². The van der Waals surface area contributed by atoms with Crippen LogP contribution < -0.4 is 0 Å². The average molecular weight is 253 g/mol. The van der Waals surface area contributed by atoms with Gasteiger partial charge in [0.15, 0.2) is 0 Å². The molecule has 1 aliphatic heterocycles. The van der Waals surface area contributed by atoms with Crippen molar-refractivity contribution < 1.29 is 13.2 Å². The minimum atomic E-state index is -3.33. The van der Waals surface area contributed by atoms with Crippen LogP contribution >= 0.6 is 0 Å². The molecule has 1 fully saturated rings. The number of sulfonamides is 1. The molecule has 1 aromatic rings. The zero-order valence-corrected chi connectivity index (χ0v) is 10.5. The van der Waals surface area contributed by atoms with Gasteiger partial charge in [-0.1, -0.05) is 29.8 Å². The van der Waals surface area contributed by atoms with E-state index in [0.717, 1.165) is 9.87 Å². The fraction of sp³-hybridized carbons (Fsp3) is 0.417. The lowest BCUT2D eigenvalue weighted by Crippen LogP contribution is -2.31. The number of carbonyl (C=O) groups excluding carboxylic acids is 1. The van der Waals surface area contributed by atoms with Gasteiger partial charge in [-0.15, -0.1) is 0 Å². The first-order valence-electron chi connectivity index (χ1n) is 5.58. The SMILES string of the molecule is Cc1ccc(CCN2C(=O)CCS2(=O)=O)cc1. The van der Waals surface area contributed by atoms with E-state index >= 15 is 0 Å². The van der Waals surface area contributed by atoms with Crippen LogP contribution in [-0.2, 0) is 21.2 Å². The number of benzene rings is 1. The summed E-state index contributed by atoms with van der Waals surface area (Å²) in [4.78, 5) is 11.4. The van der Waals surface area contributed by atoms with Crippen LogP contribution in [0.5, 0.6) is 0 Å². The summed E-state index contributed by atoms with van der Waals surface area (Å²) in [6.45, 7) is 2.25. The molecule has 1 saturated heterocycles. The zero-order chi connectivity index (χ0) is 12.5. The van der Waals surface area contributed by atoms with Crippen molar-refractivity contribution >= 4 is 15.9 Å². The Balaban J connectivity index is 2.03. The highest BCUT2D eigenvalue weighted by atomic mass is 32.2. The first-order chi connectivity index (χ1) is 7.99. The number of carbonyl (C=O) groups is 1. The van der Waals surface area contributed by atoms with Gasteiger partial charge in [-0.05, 0) is 18.9 Å². The van der Waals surface area contributed by atoms with Gasteiger partial charge in [0.2, 0.25) is 15.9 Å². The molecular weight excluding hydrogens is 238 g/mol. The van der Waals surface area contributed by atoms with Crippen LogP contribution in [0.4, 0.5) is 0 Å². The molecule has 0 saturated carbocycles. The monoisotopic (exact) mass is 253 g/mol. The maximum absolute atomic E-state index is 11.6. The molecule has 0 aromatic heterocycles. The molecule has 92 valence electrons. The van der Waals surface area contributed by atoms with Crippen LogP contribution in [-0.4, -0.2) is 30.9 Å². The molecule has 0 unspecified atom stereocenters. The number of aryl methyl sites for hydroxylation is 1. The van der Waals surface area contributed by atoms with Crippen molar-refractivity contribution in [2.24, 2.45) is 0 Å². The number of amides is 1. The normalized spacial score (nSPS) is 18.6. The summed E-state index contributed by atoms with van der Waals surface area (Å²) in [7, 11) is -3.33. The Labute approximate surface area is 101 Å². The van der Waals surface area contributed by atoms with Gasteiger partial charge in [0, 0.05) is 13.0 Å². The van der Waals surface area contributed by atoms with Gasteiger partial charge in [-0.2, -0.15) is 0 Å². The van der Waals surface area contributed by atoms with Crippen molar-refractivity contribution in [3.63, 3.8) is 0 Å². The number of hydrogen-bond donors (Lipinski definition) is 0. The van der Waals surface area contributed by atoms with E-state index in [0.29, 0.717) is 6.42 Å². The van der Waals surface area contributed by atoms with E-state index in [4.69, 9.17) is 0 Å². The van der Waals surface area contributed by atoms with Crippen LogP contribution in [0, 0.1) is 6.92 Å². The standard InChI is InChI=1S/C12H15NO3S/c1-10-2-4-11(5-3-10)6-8-13-12(14)7-9-17(13,15)16/h2-5H,6-9H2,1H3. The van der Waals surface area contributed by atoms with E-state index in [-0.39, 0.29) is 24.6 Å². The Morgan fingerprint density at radius 3 is 2.41 bits per heavy atom. The van der Waals surface area contributed by atoms with Crippen molar-refractivity contribution in [3.8, 4) is 0 Å². The quantitative estimate of drug-likeness (QED) is 0.810. The lowest BCUT2D eigenvalue weighted by atomic mass is 10.1. The topological polar surface area (TPSA) is 54.5 Å². The summed E-state index contributed by atoms with van der Waals surface area (Å²) in [5.74, 6) is -0.322. The molecule has 0 bridgehead atoms. The maximum atomic E-state index is 11.6. The fourth-order valence-electron chi connectivity index (χ4n) is 1.86. The van der Waals surface area contributed by atoms with Crippen LogP contribution in [0.15, 0.2) is 24.3 Å². The first kappa shape index (κ1) is 12.1. The third-order valence-electron chi connectivity index (χ3n) is 2.91. The summed E-state index contributed by atoms with van der Waals surface area (Å²) >= 11 is 0. The van der Waals surface area contributed by atoms with Gasteiger partial charge in [0.25, 0.3) is 0 Å². The Hall–Kier alpha value is -1.36. The highest BCUT2D eigenvalue weighted by Crippen LogP contribution is 2.16. The lowest BCUT2D eigenvalue weighted by molar-refractivity contribution is -0.125. The molecular formula is C12H15NO3S. The predicted molar refractivity (Wildman–Crippen MR) is 65.0 cm³/mol. The zero-order valence-electron chi connectivity index (χ0n) is 9.72. The molecule has 1 heterocycles. The van der Waals surface area contributed by atoms with E-state index in [2.05, 4.69) is 0 Å². The van der Waals surface area contributed by atoms with Gasteiger partial charge in [0.1, 0.15) is 0 Å². The number of rotatable bonds is 3. The van der Waals surface area contributed by atoms with Gasteiger partial charge >= 0.3 is 0 Å². The Morgan fingerprint density at radius 2 is 1.88 bits per heavy atom. The van der Waals surface area contributed by atoms with Gasteiger partial charge in [0.05, 0.1) is 5.75 Å². The third kappa shape index (κ3) is 2.66. The minimum absolute atomic E-state index is 0.0419. The van der Waals surface area contributed by atoms with E-state index in [1.54, 1.807) is 0 Å². The van der Waals surface area contributed by atoms with Crippen molar-refractivity contribution in [3.05, 3.63) is 35.4 Å². The molecule has 4 nitrogen and oxygen atoms in total. The van der Waals surface area contributed by atoms with Gasteiger partial charge in [-0.25, -0.2) is 12.7 Å². The summed E-state index contributed by atoms with van der Waals surface area (Å²) in [6, 6.07) is 7.89. The molecule has 1 aromatic carbocycles. The summed E-state index contributed by atoms with van der Waals surface area (Å²) in [6.07, 6.45) is 0.696. The molecule has 17 heavy (non-hydrogen) atoms. The molecule has 0 radical (unpaired) electrons. The van der Waals surface area contributed by atoms with E-state index in [1.807, 2.05) is 31.2 Å². The number of hydrogen-bond acceptors (Lipinski definition) is 3. The summed E-state index contributed by atoms with van der Waals surface area (Å²) < 4.78 is 24.1. The molecule has 0 N–H and O–H groups in total. The second-order valence-electron chi connectivity index (χ2n) is 4.27. The summed E-state index contributed by atoms with van der Waals surface area (Å²) in [5, 5.41) is 0.